The molecule has 0 radical (unpaired) electrons. The molecule has 7 nitrogen and oxygen atoms in total. The predicted molar refractivity (Wildman–Crippen MR) is 137 cm³/mol. The average molecular weight is 489 g/mol. The van der Waals surface area contributed by atoms with E-state index in [-0.39, 0.29) is 23.9 Å². The number of nitrogens with zero attached hydrogens (tertiary/aromatic N) is 4. The number of rotatable bonds is 4. The summed E-state index contributed by atoms with van der Waals surface area (Å²) in [6.07, 6.45) is 3.32. The molecule has 2 aromatic carbocycles. The van der Waals surface area contributed by atoms with Crippen molar-refractivity contribution in [3.63, 3.8) is 0 Å². The molecule has 1 aliphatic heterocycles. The van der Waals surface area contributed by atoms with Crippen molar-refractivity contribution in [3.8, 4) is 11.3 Å². The van der Waals surface area contributed by atoms with Gasteiger partial charge >= 0.3 is 0 Å². The second kappa shape index (κ2) is 8.94. The van der Waals surface area contributed by atoms with Gasteiger partial charge in [-0.25, -0.2) is 13.4 Å². The van der Waals surface area contributed by atoms with Gasteiger partial charge in [-0.2, -0.15) is 4.31 Å². The van der Waals surface area contributed by atoms with E-state index in [4.69, 9.17) is 4.98 Å². The number of aromatic nitrogens is 2. The van der Waals surface area contributed by atoms with Crippen molar-refractivity contribution in [1.29, 1.82) is 0 Å². The number of benzene rings is 2. The van der Waals surface area contributed by atoms with Crippen LogP contribution >= 0.6 is 0 Å². The van der Waals surface area contributed by atoms with Gasteiger partial charge in [-0.15, -0.1) is 0 Å². The van der Waals surface area contributed by atoms with E-state index in [0.29, 0.717) is 18.7 Å². The van der Waals surface area contributed by atoms with Crippen LogP contribution in [0.25, 0.3) is 22.2 Å². The zero-order chi connectivity index (χ0) is 24.7. The van der Waals surface area contributed by atoms with Crippen LogP contribution in [0, 0.1) is 13.8 Å². The van der Waals surface area contributed by atoms with Crippen LogP contribution in [-0.4, -0.2) is 59.3 Å². The normalized spacial score (nSPS) is 15.0. The summed E-state index contributed by atoms with van der Waals surface area (Å²) < 4.78 is 29.1. The van der Waals surface area contributed by atoms with Crippen LogP contribution in [0.15, 0.2) is 71.9 Å². The summed E-state index contributed by atoms with van der Waals surface area (Å²) in [5.74, 6) is -0.105. The minimum atomic E-state index is -3.58. The topological polar surface area (TPSA) is 75.5 Å². The summed E-state index contributed by atoms with van der Waals surface area (Å²) in [7, 11) is -1.78. The zero-order valence-electron chi connectivity index (χ0n) is 20.1. The van der Waals surface area contributed by atoms with Crippen LogP contribution in [-0.2, 0) is 17.1 Å². The van der Waals surface area contributed by atoms with Gasteiger partial charge in [0.15, 0.2) is 0 Å². The number of carbonyl (C=O) groups is 1. The van der Waals surface area contributed by atoms with Crippen LogP contribution in [0.2, 0.25) is 0 Å². The van der Waals surface area contributed by atoms with Gasteiger partial charge in [0.1, 0.15) is 0 Å². The second-order valence-corrected chi connectivity index (χ2v) is 11.0. The largest absolute Gasteiger partial charge is 0.356 e. The number of hydrogen-bond donors (Lipinski definition) is 0. The molecular weight excluding hydrogens is 460 g/mol. The number of hydrogen-bond acceptors (Lipinski definition) is 4. The second-order valence-electron chi connectivity index (χ2n) is 9.10. The van der Waals surface area contributed by atoms with E-state index in [1.54, 1.807) is 35.0 Å². The lowest BCUT2D eigenvalue weighted by Gasteiger charge is -2.34. The quantitative estimate of drug-likeness (QED) is 0.435. The first-order valence-electron chi connectivity index (χ1n) is 11.6. The van der Waals surface area contributed by atoms with Crippen molar-refractivity contribution in [2.24, 2.45) is 7.05 Å². The molecule has 0 spiro atoms. The smallest absolute Gasteiger partial charge is 0.254 e. The van der Waals surface area contributed by atoms with E-state index < -0.39 is 10.0 Å². The number of fused-ring (bicyclic) bond motifs is 1. The maximum atomic E-state index is 13.7. The van der Waals surface area contributed by atoms with E-state index in [0.717, 1.165) is 27.7 Å². The highest BCUT2D eigenvalue weighted by Crippen LogP contribution is 2.29. The Morgan fingerprint density at radius 2 is 1.69 bits per heavy atom. The zero-order valence-corrected chi connectivity index (χ0v) is 20.9. The highest BCUT2D eigenvalue weighted by atomic mass is 32.2. The van der Waals surface area contributed by atoms with Gasteiger partial charge < -0.3 is 9.47 Å². The Morgan fingerprint density at radius 1 is 0.943 bits per heavy atom. The van der Waals surface area contributed by atoms with E-state index in [1.165, 1.54) is 9.87 Å². The predicted octanol–water partition coefficient (Wildman–Crippen LogP) is 4.00. The molecule has 4 aromatic rings. The first kappa shape index (κ1) is 23.3. The fraction of sp³-hybridized carbons (Fsp3) is 0.259. The van der Waals surface area contributed by atoms with Gasteiger partial charge in [0.05, 0.1) is 21.7 Å². The van der Waals surface area contributed by atoms with Gasteiger partial charge in [-0.1, -0.05) is 42.0 Å². The monoisotopic (exact) mass is 488 g/mol. The maximum Gasteiger partial charge on any atom is 0.254 e. The number of aryl methyl sites for hydroxylation is 3. The van der Waals surface area contributed by atoms with Crippen LogP contribution < -0.4 is 0 Å². The third-order valence-electron chi connectivity index (χ3n) is 6.57. The lowest BCUT2D eigenvalue weighted by atomic mass is 9.99. The van der Waals surface area contributed by atoms with Crippen molar-refractivity contribution in [2.45, 2.75) is 18.7 Å². The number of carbonyl (C=O) groups excluding carboxylic acids is 1. The summed E-state index contributed by atoms with van der Waals surface area (Å²) in [5, 5.41) is 0.797. The molecule has 0 bridgehead atoms. The lowest BCUT2D eigenvalue weighted by Crippen LogP contribution is -2.50. The summed E-state index contributed by atoms with van der Waals surface area (Å²) >= 11 is 0. The highest BCUT2D eigenvalue weighted by molar-refractivity contribution is 7.89. The van der Waals surface area contributed by atoms with Crippen molar-refractivity contribution in [2.75, 3.05) is 26.2 Å². The standard InChI is InChI=1S/C27H28N4O3S/c1-19-8-9-22(20(2)16-19)26-17-24(23-6-4-5-7-25(23)28-26)27(32)30-12-14-31(15-13-30)35(33,34)21-10-11-29(3)18-21/h4-11,16-18H,12-15H2,1-3H3. The third kappa shape index (κ3) is 4.35. The molecule has 0 N–H and O–H groups in total. The molecule has 8 heteroatoms. The molecule has 1 fully saturated rings. The van der Waals surface area contributed by atoms with E-state index >= 15 is 0 Å². The minimum Gasteiger partial charge on any atom is -0.356 e. The molecule has 1 amide bonds. The Balaban J connectivity index is 1.44. The fourth-order valence-corrected chi connectivity index (χ4v) is 6.15. The van der Waals surface area contributed by atoms with Gasteiger partial charge in [0.2, 0.25) is 10.0 Å². The van der Waals surface area contributed by atoms with Crippen molar-refractivity contribution in [1.82, 2.24) is 18.8 Å². The number of para-hydroxylation sites is 1. The number of amides is 1. The van der Waals surface area contributed by atoms with Gasteiger partial charge in [0.25, 0.3) is 5.91 Å². The molecule has 1 aliphatic rings. The molecule has 35 heavy (non-hydrogen) atoms. The highest BCUT2D eigenvalue weighted by Gasteiger charge is 2.31. The summed E-state index contributed by atoms with van der Waals surface area (Å²) in [6.45, 7) is 5.29. The molecule has 5 rings (SSSR count). The van der Waals surface area contributed by atoms with Crippen LogP contribution in [0.4, 0.5) is 0 Å². The van der Waals surface area contributed by atoms with Crippen molar-refractivity contribution < 1.29 is 13.2 Å². The Morgan fingerprint density at radius 3 is 2.37 bits per heavy atom. The van der Waals surface area contributed by atoms with E-state index in [1.807, 2.05) is 49.4 Å². The van der Waals surface area contributed by atoms with Crippen LogP contribution in [0.5, 0.6) is 0 Å². The van der Waals surface area contributed by atoms with Crippen LogP contribution in [0.3, 0.4) is 0 Å². The average Bonchev–Trinajstić information content (AvgIpc) is 3.30. The molecule has 0 atom stereocenters. The molecule has 0 saturated carbocycles. The summed E-state index contributed by atoms with van der Waals surface area (Å²) in [4.78, 5) is 20.6. The van der Waals surface area contributed by atoms with Gasteiger partial charge in [-0.3, -0.25) is 4.79 Å². The first-order valence-corrected chi connectivity index (χ1v) is 13.1. The lowest BCUT2D eigenvalue weighted by molar-refractivity contribution is 0.0700. The van der Waals surface area contributed by atoms with Gasteiger partial charge in [-0.05, 0) is 37.6 Å². The molecule has 0 unspecified atom stereocenters. The molecular formula is C27H28N4O3S. The Labute approximate surface area is 205 Å². The summed E-state index contributed by atoms with van der Waals surface area (Å²) in [5.41, 5.74) is 5.38. The first-order chi connectivity index (χ1) is 16.7. The Bertz CT molecular complexity index is 1530. The van der Waals surface area contributed by atoms with Crippen LogP contribution in [0.1, 0.15) is 21.5 Å². The van der Waals surface area contributed by atoms with Crippen molar-refractivity contribution >= 4 is 26.8 Å². The Kier molecular flexibility index (Phi) is 5.94. The molecule has 0 aliphatic carbocycles. The molecule has 1 saturated heterocycles. The van der Waals surface area contributed by atoms with Gasteiger partial charge in [0, 0.05) is 56.6 Å². The molecule has 3 heterocycles. The van der Waals surface area contributed by atoms with E-state index in [9.17, 15) is 13.2 Å². The number of sulfonamides is 1. The number of piperazine rings is 1. The SMILES string of the molecule is Cc1ccc(-c2cc(C(=O)N3CCN(S(=O)(=O)c4ccn(C)c4)CC3)c3ccccc3n2)c(C)c1. The fourth-order valence-electron chi connectivity index (χ4n) is 4.67. The molecule has 2 aromatic heterocycles. The minimum absolute atomic E-state index is 0.105. The van der Waals surface area contributed by atoms with Crippen molar-refractivity contribution in [3.05, 3.63) is 83.7 Å². The Hall–Kier alpha value is -3.49. The summed E-state index contributed by atoms with van der Waals surface area (Å²) in [6, 6.07) is 17.3. The third-order valence-corrected chi connectivity index (χ3v) is 8.46. The maximum absolute atomic E-state index is 13.7. The van der Waals surface area contributed by atoms with E-state index in [2.05, 4.69) is 13.0 Å². The molecule has 180 valence electrons. The number of pyridine rings is 1.